The van der Waals surface area contributed by atoms with E-state index in [1.165, 1.54) is 11.8 Å². The molecule has 6 nitrogen and oxygen atoms in total. The molecule has 22 heavy (non-hydrogen) atoms. The molecule has 116 valence electrons. The highest BCUT2D eigenvalue weighted by Crippen LogP contribution is 2.30. The first kappa shape index (κ1) is 15.2. The first-order valence-electron chi connectivity index (χ1n) is 7.27. The highest BCUT2D eigenvalue weighted by molar-refractivity contribution is 8.18. The number of aliphatic hydroxyl groups is 1. The Morgan fingerprint density at radius 1 is 1.32 bits per heavy atom. The van der Waals surface area contributed by atoms with E-state index in [1.807, 2.05) is 18.2 Å². The normalized spacial score (nSPS) is 21.5. The molecule has 2 aliphatic heterocycles. The number of nitrogens with zero attached hydrogens (tertiary/aromatic N) is 4. The number of thioether (sulfide) groups is 1. The predicted molar refractivity (Wildman–Crippen MR) is 87.3 cm³/mol. The number of rotatable bonds is 3. The lowest BCUT2D eigenvalue weighted by Gasteiger charge is -2.34. The summed E-state index contributed by atoms with van der Waals surface area (Å²) < 4.78 is 0. The predicted octanol–water partition coefficient (Wildman–Crippen LogP) is 0.662. The fraction of sp³-hybridized carbons (Fsp3) is 0.400. The van der Waals surface area contributed by atoms with Gasteiger partial charge in [0.1, 0.15) is 0 Å². The van der Waals surface area contributed by atoms with Crippen molar-refractivity contribution in [3.05, 3.63) is 35.0 Å². The largest absolute Gasteiger partial charge is 0.395 e. The summed E-state index contributed by atoms with van der Waals surface area (Å²) in [4.78, 5) is 25.2. The standard InChI is InChI=1S/C15H18N4O2S/c20-9-8-18-4-6-19(7-5-18)15-17-14(21)13(22-15)10-12-2-1-3-16-11-12/h1-3,10-11,20H,4-9H2/b13-10+. The van der Waals surface area contributed by atoms with Crippen LogP contribution >= 0.6 is 11.8 Å². The summed E-state index contributed by atoms with van der Waals surface area (Å²) in [5.41, 5.74) is 0.905. The molecule has 3 rings (SSSR count). The van der Waals surface area contributed by atoms with Crippen molar-refractivity contribution in [2.75, 3.05) is 39.3 Å². The van der Waals surface area contributed by atoms with E-state index in [4.69, 9.17) is 5.11 Å². The summed E-state index contributed by atoms with van der Waals surface area (Å²) in [6.45, 7) is 4.33. The number of amidine groups is 1. The van der Waals surface area contributed by atoms with Crippen molar-refractivity contribution in [2.45, 2.75) is 0 Å². The third-order valence-corrected chi connectivity index (χ3v) is 4.69. The third-order valence-electron chi connectivity index (χ3n) is 3.65. The van der Waals surface area contributed by atoms with Gasteiger partial charge in [0.05, 0.1) is 11.5 Å². The minimum atomic E-state index is -0.179. The van der Waals surface area contributed by atoms with Gasteiger partial charge in [0.2, 0.25) is 0 Å². The number of hydrogen-bond acceptors (Lipinski definition) is 6. The monoisotopic (exact) mass is 318 g/mol. The lowest BCUT2D eigenvalue weighted by Crippen LogP contribution is -2.48. The van der Waals surface area contributed by atoms with E-state index in [0.717, 1.165) is 36.9 Å². The number of amides is 1. The Labute approximate surface area is 133 Å². The molecule has 1 amide bonds. The molecule has 1 N–H and O–H groups in total. The highest BCUT2D eigenvalue weighted by Gasteiger charge is 2.28. The maximum Gasteiger partial charge on any atom is 0.286 e. The van der Waals surface area contributed by atoms with Gasteiger partial charge in [-0.05, 0) is 29.5 Å². The van der Waals surface area contributed by atoms with Gasteiger partial charge in [0, 0.05) is 45.1 Å². The number of β-amino-alcohol motifs (C(OH)–C–C–N with tert-alkyl or cyclic N) is 1. The Morgan fingerprint density at radius 2 is 2.14 bits per heavy atom. The molecular weight excluding hydrogens is 300 g/mol. The van der Waals surface area contributed by atoms with Crippen molar-refractivity contribution in [2.24, 2.45) is 4.99 Å². The molecule has 1 fully saturated rings. The van der Waals surface area contributed by atoms with Crippen LogP contribution in [-0.4, -0.2) is 70.3 Å². The van der Waals surface area contributed by atoms with Crippen LogP contribution in [0.15, 0.2) is 34.4 Å². The van der Waals surface area contributed by atoms with Crippen LogP contribution in [0.5, 0.6) is 0 Å². The van der Waals surface area contributed by atoms with Gasteiger partial charge in [0.15, 0.2) is 5.17 Å². The van der Waals surface area contributed by atoms with Gasteiger partial charge in [-0.25, -0.2) is 0 Å². The number of carbonyl (C=O) groups is 1. The van der Waals surface area contributed by atoms with Crippen molar-refractivity contribution < 1.29 is 9.90 Å². The van der Waals surface area contributed by atoms with Gasteiger partial charge >= 0.3 is 0 Å². The zero-order valence-electron chi connectivity index (χ0n) is 12.2. The Morgan fingerprint density at radius 3 is 2.82 bits per heavy atom. The second-order valence-electron chi connectivity index (χ2n) is 5.15. The Kier molecular flexibility index (Phi) is 4.87. The number of aliphatic hydroxyl groups excluding tert-OH is 1. The molecule has 7 heteroatoms. The first-order valence-corrected chi connectivity index (χ1v) is 8.08. The average molecular weight is 318 g/mol. The molecule has 0 aliphatic carbocycles. The smallest absolute Gasteiger partial charge is 0.286 e. The van der Waals surface area contributed by atoms with E-state index in [0.29, 0.717) is 11.4 Å². The summed E-state index contributed by atoms with van der Waals surface area (Å²) in [7, 11) is 0. The molecule has 0 atom stereocenters. The maximum absolute atomic E-state index is 12.0. The number of carbonyl (C=O) groups excluding carboxylic acids is 1. The number of aromatic nitrogens is 1. The van der Waals surface area contributed by atoms with Crippen molar-refractivity contribution in [1.82, 2.24) is 14.8 Å². The number of aliphatic imine (C=N–C) groups is 1. The van der Waals surface area contributed by atoms with Crippen LogP contribution in [0.3, 0.4) is 0 Å². The summed E-state index contributed by atoms with van der Waals surface area (Å²) in [6, 6.07) is 3.76. The Bertz CT molecular complexity index is 595. The lowest BCUT2D eigenvalue weighted by molar-refractivity contribution is -0.113. The quantitative estimate of drug-likeness (QED) is 0.826. The molecule has 0 spiro atoms. The van der Waals surface area contributed by atoms with Crippen LogP contribution in [0.2, 0.25) is 0 Å². The summed E-state index contributed by atoms with van der Waals surface area (Å²) in [5.74, 6) is -0.179. The van der Waals surface area contributed by atoms with E-state index in [1.54, 1.807) is 12.4 Å². The van der Waals surface area contributed by atoms with Crippen LogP contribution < -0.4 is 0 Å². The number of pyridine rings is 1. The number of piperazine rings is 1. The molecule has 1 aromatic heterocycles. The molecule has 0 unspecified atom stereocenters. The first-order chi connectivity index (χ1) is 10.8. The molecular formula is C15H18N4O2S. The van der Waals surface area contributed by atoms with Gasteiger partial charge in [-0.3, -0.25) is 14.7 Å². The third kappa shape index (κ3) is 3.55. The average Bonchev–Trinajstić information content (AvgIpc) is 2.90. The zero-order valence-corrected chi connectivity index (χ0v) is 13.0. The minimum absolute atomic E-state index is 0.179. The van der Waals surface area contributed by atoms with Gasteiger partial charge in [-0.15, -0.1) is 0 Å². The van der Waals surface area contributed by atoms with Crippen LogP contribution in [0.1, 0.15) is 5.56 Å². The van der Waals surface area contributed by atoms with Crippen molar-refractivity contribution in [3.63, 3.8) is 0 Å². The van der Waals surface area contributed by atoms with E-state index < -0.39 is 0 Å². The molecule has 0 bridgehead atoms. The SMILES string of the molecule is O=C1N=C(N2CCN(CCO)CC2)S/C1=C/c1cccnc1. The summed E-state index contributed by atoms with van der Waals surface area (Å²) in [6.07, 6.45) is 5.27. The second kappa shape index (κ2) is 7.04. The van der Waals surface area contributed by atoms with E-state index in [9.17, 15) is 4.79 Å². The van der Waals surface area contributed by atoms with Gasteiger partial charge in [0.25, 0.3) is 5.91 Å². The molecule has 1 aromatic rings. The van der Waals surface area contributed by atoms with E-state index in [2.05, 4.69) is 19.8 Å². The molecule has 0 radical (unpaired) electrons. The van der Waals surface area contributed by atoms with Gasteiger partial charge < -0.3 is 10.0 Å². The summed E-state index contributed by atoms with van der Waals surface area (Å²) >= 11 is 1.43. The maximum atomic E-state index is 12.0. The fourth-order valence-electron chi connectivity index (χ4n) is 2.45. The van der Waals surface area contributed by atoms with Gasteiger partial charge in [-0.1, -0.05) is 6.07 Å². The van der Waals surface area contributed by atoms with Crippen molar-refractivity contribution in [3.8, 4) is 0 Å². The van der Waals surface area contributed by atoms with Crippen LogP contribution in [-0.2, 0) is 4.79 Å². The van der Waals surface area contributed by atoms with Gasteiger partial charge in [-0.2, -0.15) is 4.99 Å². The zero-order chi connectivity index (χ0) is 15.4. The van der Waals surface area contributed by atoms with Crippen molar-refractivity contribution >= 4 is 28.9 Å². The topological polar surface area (TPSA) is 69.0 Å². The lowest BCUT2D eigenvalue weighted by atomic mass is 10.2. The number of hydrogen-bond donors (Lipinski definition) is 1. The van der Waals surface area contributed by atoms with Crippen LogP contribution in [0.25, 0.3) is 6.08 Å². The van der Waals surface area contributed by atoms with E-state index >= 15 is 0 Å². The Hall–Kier alpha value is -1.70. The fourth-order valence-corrected chi connectivity index (χ4v) is 3.42. The van der Waals surface area contributed by atoms with Crippen LogP contribution in [0.4, 0.5) is 0 Å². The molecule has 2 aliphatic rings. The van der Waals surface area contributed by atoms with Crippen LogP contribution in [0, 0.1) is 0 Å². The Balaban J connectivity index is 1.62. The second-order valence-corrected chi connectivity index (χ2v) is 6.16. The molecule has 0 aromatic carbocycles. The van der Waals surface area contributed by atoms with Crippen molar-refractivity contribution in [1.29, 1.82) is 0 Å². The highest BCUT2D eigenvalue weighted by atomic mass is 32.2. The molecule has 3 heterocycles. The minimum Gasteiger partial charge on any atom is -0.395 e. The molecule has 0 saturated carbocycles. The van der Waals surface area contributed by atoms with E-state index in [-0.39, 0.29) is 12.5 Å². The summed E-state index contributed by atoms with van der Waals surface area (Å²) in [5, 5.41) is 9.75. The molecule has 1 saturated heterocycles.